The number of carbonyl (C=O) groups excluding carboxylic acids is 3. The molecule has 0 radical (unpaired) electrons. The maximum Gasteiger partial charge on any atom is 0.407 e. The molecule has 9 nitrogen and oxygen atoms in total. The molecule has 0 heterocycles. The number of carbonyl (C=O) groups is 4. The van der Waals surface area contributed by atoms with Crippen LogP contribution >= 0.6 is 11.8 Å². The summed E-state index contributed by atoms with van der Waals surface area (Å²) in [5, 5.41) is 11.5. The second-order valence-electron chi connectivity index (χ2n) is 8.19. The molecule has 34 heavy (non-hydrogen) atoms. The second-order valence-corrected chi connectivity index (χ2v) is 9.26. The van der Waals surface area contributed by atoms with Crippen LogP contribution in [0.3, 0.4) is 0 Å². The molecule has 0 aliphatic heterocycles. The van der Waals surface area contributed by atoms with Crippen molar-refractivity contribution >= 4 is 35.8 Å². The number of carboxylic acids is 1. The largest absolute Gasteiger partial charge is 0.480 e. The number of methoxy groups -OCH3 is 1. The molecule has 198 valence electrons. The summed E-state index contributed by atoms with van der Waals surface area (Å²) in [5.74, 6) is -1.62. The van der Waals surface area contributed by atoms with E-state index in [-0.39, 0.29) is 36.5 Å². The summed E-state index contributed by atoms with van der Waals surface area (Å²) >= 11 is 1.19. The van der Waals surface area contributed by atoms with Gasteiger partial charge in [0, 0.05) is 24.3 Å². The van der Waals surface area contributed by atoms with Gasteiger partial charge in [0.25, 0.3) is 0 Å². The number of carboxylic acid groups (broad SMARTS) is 1. The van der Waals surface area contributed by atoms with Crippen molar-refractivity contribution in [1.82, 2.24) is 5.32 Å². The molecule has 10 heteroatoms. The Hall–Kier alpha value is -1.97. The van der Waals surface area contributed by atoms with Crippen molar-refractivity contribution in [3.8, 4) is 0 Å². The zero-order valence-corrected chi connectivity index (χ0v) is 21.8. The number of hydrogen-bond donors (Lipinski definition) is 2. The van der Waals surface area contributed by atoms with E-state index in [2.05, 4.69) is 23.9 Å². The van der Waals surface area contributed by atoms with Gasteiger partial charge in [0.05, 0.1) is 7.11 Å². The van der Waals surface area contributed by atoms with E-state index >= 15 is 0 Å². The normalized spacial score (nSPS) is 12.4. The van der Waals surface area contributed by atoms with Gasteiger partial charge in [-0.3, -0.25) is 9.59 Å². The number of esters is 2. The number of aliphatic carboxylic acids is 1. The van der Waals surface area contributed by atoms with Crippen molar-refractivity contribution in [2.24, 2.45) is 0 Å². The van der Waals surface area contributed by atoms with Gasteiger partial charge >= 0.3 is 24.0 Å². The molecular formula is C24H43NO8S. The van der Waals surface area contributed by atoms with Gasteiger partial charge in [-0.15, -0.1) is 0 Å². The standard InChI is InChI=1S/C24H43NO8S/c1-4-6-8-10-12-14-21(26)32-16-19(33-22(27)15-13-11-9-7-5-2)17-34-18-20(23(28)29)25-24(30)31-3/h19-20H,4-18H2,1-3H3,(H,25,30)(H,28,29). The summed E-state index contributed by atoms with van der Waals surface area (Å²) in [6, 6.07) is -1.15. The lowest BCUT2D eigenvalue weighted by Gasteiger charge is -2.19. The smallest absolute Gasteiger partial charge is 0.407 e. The average Bonchev–Trinajstić information content (AvgIpc) is 2.81. The van der Waals surface area contributed by atoms with Crippen molar-refractivity contribution in [3.05, 3.63) is 0 Å². The quantitative estimate of drug-likeness (QED) is 0.129. The lowest BCUT2D eigenvalue weighted by atomic mass is 10.1. The van der Waals surface area contributed by atoms with Gasteiger partial charge in [-0.05, 0) is 12.8 Å². The molecule has 0 saturated heterocycles. The number of hydrogen-bond acceptors (Lipinski definition) is 8. The molecule has 0 bridgehead atoms. The van der Waals surface area contributed by atoms with Gasteiger partial charge in [0.2, 0.25) is 0 Å². The van der Waals surface area contributed by atoms with Crippen LogP contribution in [0.2, 0.25) is 0 Å². The minimum absolute atomic E-state index is 0.0425. The molecule has 1 amide bonds. The van der Waals surface area contributed by atoms with E-state index in [4.69, 9.17) is 9.47 Å². The molecule has 2 atom stereocenters. The number of thioether (sulfide) groups is 1. The van der Waals surface area contributed by atoms with Crippen LogP contribution in [0.5, 0.6) is 0 Å². The summed E-state index contributed by atoms with van der Waals surface area (Å²) < 4.78 is 15.3. The van der Waals surface area contributed by atoms with Crippen LogP contribution < -0.4 is 5.32 Å². The van der Waals surface area contributed by atoms with Gasteiger partial charge in [-0.2, -0.15) is 11.8 Å². The highest BCUT2D eigenvalue weighted by molar-refractivity contribution is 7.99. The van der Waals surface area contributed by atoms with E-state index in [0.29, 0.717) is 6.42 Å². The Labute approximate surface area is 208 Å². The first kappa shape index (κ1) is 32.0. The molecule has 0 aliphatic rings. The van der Waals surface area contributed by atoms with Crippen LogP contribution in [-0.2, 0) is 28.6 Å². The number of unbranched alkanes of at least 4 members (excludes halogenated alkanes) is 8. The SMILES string of the molecule is CCCCCCCC(=O)OCC(CSCC(NC(=O)OC)C(=O)O)OC(=O)CCCCCCC. The van der Waals surface area contributed by atoms with Crippen LogP contribution in [0.25, 0.3) is 0 Å². The molecule has 2 unspecified atom stereocenters. The highest BCUT2D eigenvalue weighted by Gasteiger charge is 2.23. The van der Waals surface area contributed by atoms with E-state index < -0.39 is 24.2 Å². The Bertz CT molecular complexity index is 587. The summed E-state index contributed by atoms with van der Waals surface area (Å²) in [4.78, 5) is 47.0. The molecule has 0 aromatic carbocycles. The predicted octanol–water partition coefficient (Wildman–Crippen LogP) is 4.70. The lowest BCUT2D eigenvalue weighted by molar-refractivity contribution is -0.157. The number of amides is 1. The van der Waals surface area contributed by atoms with Gasteiger partial charge in [0.15, 0.2) is 0 Å². The highest BCUT2D eigenvalue weighted by atomic mass is 32.2. The zero-order chi connectivity index (χ0) is 25.6. The third kappa shape index (κ3) is 18.5. The maximum absolute atomic E-state index is 12.3. The third-order valence-corrected chi connectivity index (χ3v) is 6.24. The molecule has 0 spiro atoms. The van der Waals surface area contributed by atoms with Gasteiger partial charge in [0.1, 0.15) is 18.8 Å². The topological polar surface area (TPSA) is 128 Å². The summed E-state index contributed by atoms with van der Waals surface area (Å²) in [6.45, 7) is 4.17. The van der Waals surface area contributed by atoms with Crippen LogP contribution in [0, 0.1) is 0 Å². The molecule has 2 N–H and O–H groups in total. The summed E-state index contributed by atoms with van der Waals surface area (Å²) in [6.07, 6.45) is 9.18. The highest BCUT2D eigenvalue weighted by Crippen LogP contribution is 2.13. The fraction of sp³-hybridized carbons (Fsp3) is 0.833. The molecule has 0 saturated carbocycles. The maximum atomic E-state index is 12.3. The summed E-state index contributed by atoms with van der Waals surface area (Å²) in [5.41, 5.74) is 0. The number of rotatable bonds is 21. The van der Waals surface area contributed by atoms with Crippen molar-refractivity contribution < 1.29 is 38.5 Å². The fourth-order valence-corrected chi connectivity index (χ4v) is 4.08. The van der Waals surface area contributed by atoms with E-state index in [9.17, 15) is 24.3 Å². The van der Waals surface area contributed by atoms with E-state index in [1.807, 2.05) is 0 Å². The Balaban J connectivity index is 4.63. The second kappa shape index (κ2) is 21.6. The first-order valence-electron chi connectivity index (χ1n) is 12.3. The van der Waals surface area contributed by atoms with Gasteiger partial charge in [-0.25, -0.2) is 9.59 Å². The summed E-state index contributed by atoms with van der Waals surface area (Å²) in [7, 11) is 1.15. The van der Waals surface area contributed by atoms with Crippen molar-refractivity contribution in [2.45, 2.75) is 103 Å². The van der Waals surface area contributed by atoms with Gasteiger partial charge < -0.3 is 24.6 Å². The Morgan fingerprint density at radius 3 is 1.91 bits per heavy atom. The average molecular weight is 506 g/mol. The predicted molar refractivity (Wildman–Crippen MR) is 132 cm³/mol. The first-order valence-corrected chi connectivity index (χ1v) is 13.5. The number of alkyl carbamates (subject to hydrolysis) is 1. The molecule has 0 rings (SSSR count). The van der Waals surface area contributed by atoms with E-state index in [1.165, 1.54) is 11.8 Å². The van der Waals surface area contributed by atoms with Crippen LogP contribution in [0.15, 0.2) is 0 Å². The molecule has 0 fully saturated rings. The van der Waals surface area contributed by atoms with Crippen LogP contribution in [0.4, 0.5) is 4.79 Å². The van der Waals surface area contributed by atoms with Crippen molar-refractivity contribution in [3.63, 3.8) is 0 Å². The first-order chi connectivity index (χ1) is 16.3. The Morgan fingerprint density at radius 1 is 0.824 bits per heavy atom. The van der Waals surface area contributed by atoms with E-state index in [1.54, 1.807) is 0 Å². The lowest BCUT2D eigenvalue weighted by Crippen LogP contribution is -2.42. The van der Waals surface area contributed by atoms with Crippen molar-refractivity contribution in [2.75, 3.05) is 25.2 Å². The van der Waals surface area contributed by atoms with Crippen LogP contribution in [-0.4, -0.2) is 66.5 Å². The Kier molecular flexibility index (Phi) is 20.3. The Morgan fingerprint density at radius 2 is 1.38 bits per heavy atom. The zero-order valence-electron chi connectivity index (χ0n) is 21.0. The monoisotopic (exact) mass is 505 g/mol. The van der Waals surface area contributed by atoms with Gasteiger partial charge in [-0.1, -0.05) is 65.2 Å². The minimum Gasteiger partial charge on any atom is -0.480 e. The number of ether oxygens (including phenoxy) is 3. The minimum atomic E-state index is -1.20. The van der Waals surface area contributed by atoms with Crippen molar-refractivity contribution in [1.29, 1.82) is 0 Å². The third-order valence-electron chi connectivity index (χ3n) is 5.06. The fourth-order valence-electron chi connectivity index (χ4n) is 3.06. The number of nitrogens with one attached hydrogen (secondary N) is 1. The molecular weight excluding hydrogens is 462 g/mol. The van der Waals surface area contributed by atoms with Crippen LogP contribution in [0.1, 0.15) is 90.9 Å². The molecule has 0 aromatic heterocycles. The molecule has 0 aromatic rings. The molecule has 0 aliphatic carbocycles. The van der Waals surface area contributed by atoms with E-state index in [0.717, 1.165) is 71.3 Å².